The van der Waals surface area contributed by atoms with Crippen LogP contribution in [0.25, 0.3) is 16.9 Å². The van der Waals surface area contributed by atoms with Crippen LogP contribution in [0, 0.1) is 5.82 Å². The molecule has 2 N–H and O–H groups in total. The molecule has 0 spiro atoms. The minimum atomic E-state index is -0.275. The Kier molecular flexibility index (Phi) is 4.19. The van der Waals surface area contributed by atoms with Gasteiger partial charge in [-0.25, -0.2) is 9.37 Å². The average molecular weight is 334 g/mol. The summed E-state index contributed by atoms with van der Waals surface area (Å²) in [7, 11) is 0. The summed E-state index contributed by atoms with van der Waals surface area (Å²) in [6, 6.07) is 10.5. The van der Waals surface area contributed by atoms with Gasteiger partial charge in [-0.2, -0.15) is 9.61 Å². The van der Waals surface area contributed by atoms with Crippen molar-refractivity contribution in [1.82, 2.24) is 14.6 Å². The third-order valence-electron chi connectivity index (χ3n) is 4.04. The average Bonchev–Trinajstić information content (AvgIpc) is 3.15. The molecule has 0 radical (unpaired) electrons. The molecular formula is C16H17ClFN5. The zero-order chi connectivity index (χ0) is 15.1. The van der Waals surface area contributed by atoms with E-state index in [1.54, 1.807) is 22.8 Å². The van der Waals surface area contributed by atoms with Gasteiger partial charge in [0.15, 0.2) is 5.65 Å². The first-order valence-electron chi connectivity index (χ1n) is 7.32. The summed E-state index contributed by atoms with van der Waals surface area (Å²) < 4.78 is 15.9. The lowest BCUT2D eigenvalue weighted by atomic mass is 10.1. The third kappa shape index (κ3) is 2.75. The molecule has 0 bridgehead atoms. The fourth-order valence-corrected chi connectivity index (χ4v) is 2.92. The molecule has 1 aromatic carbocycles. The van der Waals surface area contributed by atoms with Crippen molar-refractivity contribution in [2.24, 2.45) is 5.73 Å². The molecule has 5 nitrogen and oxygen atoms in total. The van der Waals surface area contributed by atoms with E-state index in [9.17, 15) is 4.39 Å². The molecule has 7 heteroatoms. The van der Waals surface area contributed by atoms with Gasteiger partial charge in [0.2, 0.25) is 0 Å². The Bertz CT molecular complexity index is 834. The van der Waals surface area contributed by atoms with E-state index >= 15 is 0 Å². The Balaban J connectivity index is 0.00000156. The van der Waals surface area contributed by atoms with Gasteiger partial charge in [-0.15, -0.1) is 12.4 Å². The number of anilines is 1. The lowest BCUT2D eigenvalue weighted by Gasteiger charge is -2.19. The number of benzene rings is 1. The summed E-state index contributed by atoms with van der Waals surface area (Å²) in [6.45, 7) is 1.65. The van der Waals surface area contributed by atoms with E-state index in [4.69, 9.17) is 5.73 Å². The van der Waals surface area contributed by atoms with Gasteiger partial charge in [-0.05, 0) is 18.6 Å². The van der Waals surface area contributed by atoms with Crippen LogP contribution < -0.4 is 10.6 Å². The van der Waals surface area contributed by atoms with Crippen molar-refractivity contribution < 1.29 is 4.39 Å². The highest BCUT2D eigenvalue weighted by molar-refractivity contribution is 5.85. The summed E-state index contributed by atoms with van der Waals surface area (Å²) in [5, 5.41) is 4.32. The largest absolute Gasteiger partial charge is 0.355 e. The molecule has 1 saturated heterocycles. The maximum Gasteiger partial charge on any atom is 0.157 e. The second kappa shape index (κ2) is 6.14. The predicted molar refractivity (Wildman–Crippen MR) is 90.4 cm³/mol. The molecule has 2 aromatic heterocycles. The van der Waals surface area contributed by atoms with Crippen LogP contribution in [-0.4, -0.2) is 33.7 Å². The number of nitrogens with two attached hydrogens (primary N) is 1. The number of nitrogens with zero attached hydrogens (tertiary/aromatic N) is 4. The van der Waals surface area contributed by atoms with Crippen LogP contribution in [0.1, 0.15) is 6.42 Å². The summed E-state index contributed by atoms with van der Waals surface area (Å²) >= 11 is 0. The van der Waals surface area contributed by atoms with Gasteiger partial charge in [-0.1, -0.05) is 12.1 Å². The van der Waals surface area contributed by atoms with Gasteiger partial charge in [0.1, 0.15) is 11.6 Å². The normalized spacial score (nSPS) is 17.5. The van der Waals surface area contributed by atoms with Crippen LogP contribution in [0.4, 0.5) is 10.2 Å². The van der Waals surface area contributed by atoms with E-state index < -0.39 is 0 Å². The third-order valence-corrected chi connectivity index (χ3v) is 4.04. The standard InChI is InChI=1S/C16H16FN5.ClH/c17-13-4-2-1-3-12(13)14-9-16(21-8-6-11(18)10-21)22-15(20-14)5-7-19-22;/h1-5,7,9,11H,6,8,10,18H2;1H. The van der Waals surface area contributed by atoms with Gasteiger partial charge in [0.05, 0.1) is 11.9 Å². The number of halogens is 2. The van der Waals surface area contributed by atoms with E-state index in [-0.39, 0.29) is 24.3 Å². The molecule has 0 saturated carbocycles. The molecule has 1 aliphatic heterocycles. The number of aromatic nitrogens is 3. The molecular weight excluding hydrogens is 317 g/mol. The Morgan fingerprint density at radius 1 is 1.22 bits per heavy atom. The number of fused-ring (bicyclic) bond motifs is 1. The second-order valence-electron chi connectivity index (χ2n) is 5.58. The van der Waals surface area contributed by atoms with E-state index in [0.29, 0.717) is 16.9 Å². The predicted octanol–water partition coefficient (Wildman–Crippen LogP) is 2.49. The molecule has 0 aliphatic carbocycles. The van der Waals surface area contributed by atoms with E-state index in [0.717, 1.165) is 25.3 Å². The topological polar surface area (TPSA) is 59.5 Å². The van der Waals surface area contributed by atoms with Crippen LogP contribution >= 0.6 is 12.4 Å². The Morgan fingerprint density at radius 2 is 2.04 bits per heavy atom. The zero-order valence-electron chi connectivity index (χ0n) is 12.4. The lowest BCUT2D eigenvalue weighted by molar-refractivity contribution is 0.630. The molecule has 1 unspecified atom stereocenters. The van der Waals surface area contributed by atoms with Crippen molar-refractivity contribution in [2.75, 3.05) is 18.0 Å². The monoisotopic (exact) mass is 333 g/mol. The van der Waals surface area contributed by atoms with Gasteiger partial charge in [0.25, 0.3) is 0 Å². The highest BCUT2D eigenvalue weighted by Crippen LogP contribution is 2.27. The minimum Gasteiger partial charge on any atom is -0.355 e. The first-order valence-corrected chi connectivity index (χ1v) is 7.32. The SMILES string of the molecule is Cl.NC1CCN(c2cc(-c3ccccc3F)nc3ccnn23)C1. The number of hydrogen-bond acceptors (Lipinski definition) is 4. The first kappa shape index (κ1) is 15.7. The van der Waals surface area contributed by atoms with Crippen LogP contribution in [-0.2, 0) is 0 Å². The lowest BCUT2D eigenvalue weighted by Crippen LogP contribution is -2.27. The molecule has 120 valence electrons. The maximum atomic E-state index is 14.1. The maximum absolute atomic E-state index is 14.1. The smallest absolute Gasteiger partial charge is 0.157 e. The van der Waals surface area contributed by atoms with Gasteiger partial charge >= 0.3 is 0 Å². The molecule has 23 heavy (non-hydrogen) atoms. The van der Waals surface area contributed by atoms with Crippen molar-refractivity contribution in [1.29, 1.82) is 0 Å². The molecule has 1 atom stereocenters. The van der Waals surface area contributed by atoms with Crippen LogP contribution in [0.15, 0.2) is 42.6 Å². The molecule has 4 rings (SSSR count). The van der Waals surface area contributed by atoms with E-state index in [2.05, 4.69) is 15.0 Å². The number of hydrogen-bond donors (Lipinski definition) is 1. The summed E-state index contributed by atoms with van der Waals surface area (Å²) in [5.41, 5.74) is 7.82. The van der Waals surface area contributed by atoms with Crippen molar-refractivity contribution >= 4 is 23.9 Å². The molecule has 3 aromatic rings. The van der Waals surface area contributed by atoms with E-state index in [1.165, 1.54) is 6.07 Å². The van der Waals surface area contributed by atoms with Crippen LogP contribution in [0.5, 0.6) is 0 Å². The van der Waals surface area contributed by atoms with Crippen molar-refractivity contribution in [2.45, 2.75) is 12.5 Å². The quantitative estimate of drug-likeness (QED) is 0.782. The second-order valence-corrected chi connectivity index (χ2v) is 5.58. The molecule has 1 fully saturated rings. The Labute approximate surface area is 139 Å². The van der Waals surface area contributed by atoms with Gasteiger partial charge in [0, 0.05) is 36.8 Å². The van der Waals surface area contributed by atoms with Crippen molar-refractivity contribution in [3.63, 3.8) is 0 Å². The zero-order valence-corrected chi connectivity index (χ0v) is 13.2. The highest BCUT2D eigenvalue weighted by atomic mass is 35.5. The molecule has 3 heterocycles. The van der Waals surface area contributed by atoms with Gasteiger partial charge < -0.3 is 10.6 Å². The summed E-state index contributed by atoms with van der Waals surface area (Å²) in [4.78, 5) is 6.70. The molecule has 0 amide bonds. The van der Waals surface area contributed by atoms with E-state index in [1.807, 2.05) is 18.2 Å². The summed E-state index contributed by atoms with van der Waals surface area (Å²) in [5.74, 6) is 0.629. The first-order chi connectivity index (χ1) is 10.7. The van der Waals surface area contributed by atoms with Crippen molar-refractivity contribution in [3.8, 4) is 11.3 Å². The van der Waals surface area contributed by atoms with Gasteiger partial charge in [-0.3, -0.25) is 0 Å². The minimum absolute atomic E-state index is 0. The Hall–Kier alpha value is -2.18. The van der Waals surface area contributed by atoms with Crippen LogP contribution in [0.3, 0.4) is 0 Å². The van der Waals surface area contributed by atoms with Crippen LogP contribution in [0.2, 0.25) is 0 Å². The number of rotatable bonds is 2. The fourth-order valence-electron chi connectivity index (χ4n) is 2.92. The fraction of sp³-hybridized carbons (Fsp3) is 0.250. The molecule has 1 aliphatic rings. The Morgan fingerprint density at radius 3 is 2.78 bits per heavy atom. The van der Waals surface area contributed by atoms with Crippen molar-refractivity contribution in [3.05, 3.63) is 48.4 Å². The summed E-state index contributed by atoms with van der Waals surface area (Å²) in [6.07, 6.45) is 2.65. The highest BCUT2D eigenvalue weighted by Gasteiger charge is 2.23.